The van der Waals surface area contributed by atoms with Crippen molar-refractivity contribution >= 4 is 11.5 Å². The highest BCUT2D eigenvalue weighted by molar-refractivity contribution is 5.47. The molecular formula is C12H19N3O3. The van der Waals surface area contributed by atoms with Crippen molar-refractivity contribution in [3.8, 4) is 5.88 Å². The molecule has 0 bridgehead atoms. The van der Waals surface area contributed by atoms with Gasteiger partial charge in [-0.3, -0.25) is 10.1 Å². The van der Waals surface area contributed by atoms with Crippen LogP contribution in [0, 0.1) is 16.0 Å². The summed E-state index contributed by atoms with van der Waals surface area (Å²) in [6.07, 6.45) is 0.850. The van der Waals surface area contributed by atoms with Gasteiger partial charge in [0, 0.05) is 7.05 Å². The second kappa shape index (κ2) is 6.18. The molecule has 0 spiro atoms. The zero-order valence-electron chi connectivity index (χ0n) is 11.1. The second-order valence-corrected chi connectivity index (χ2v) is 4.61. The summed E-state index contributed by atoms with van der Waals surface area (Å²) in [5, 5.41) is 13.6. The highest BCUT2D eigenvalue weighted by atomic mass is 16.6. The van der Waals surface area contributed by atoms with Crippen molar-refractivity contribution in [2.75, 3.05) is 12.4 Å². The van der Waals surface area contributed by atoms with Crippen molar-refractivity contribution in [2.24, 2.45) is 5.92 Å². The van der Waals surface area contributed by atoms with Crippen LogP contribution in [0.2, 0.25) is 0 Å². The number of hydrogen-bond acceptors (Lipinski definition) is 5. The fraction of sp³-hybridized carbons (Fsp3) is 0.583. The van der Waals surface area contributed by atoms with Crippen LogP contribution in [-0.4, -0.2) is 23.1 Å². The molecule has 1 atom stereocenters. The molecular weight excluding hydrogens is 234 g/mol. The van der Waals surface area contributed by atoms with E-state index in [-0.39, 0.29) is 17.7 Å². The Kier molecular flexibility index (Phi) is 4.88. The van der Waals surface area contributed by atoms with Gasteiger partial charge in [0.15, 0.2) is 0 Å². The molecule has 0 amide bonds. The van der Waals surface area contributed by atoms with Crippen LogP contribution < -0.4 is 10.1 Å². The Balaban J connectivity index is 2.87. The van der Waals surface area contributed by atoms with Crippen LogP contribution in [0.1, 0.15) is 27.2 Å². The number of nitrogens with one attached hydrogen (secondary N) is 1. The number of ether oxygens (including phenoxy) is 1. The molecule has 100 valence electrons. The summed E-state index contributed by atoms with van der Waals surface area (Å²) in [4.78, 5) is 14.5. The molecule has 0 aliphatic heterocycles. The third-order valence-electron chi connectivity index (χ3n) is 2.38. The Morgan fingerprint density at radius 3 is 2.61 bits per heavy atom. The van der Waals surface area contributed by atoms with Gasteiger partial charge in [0.05, 0.1) is 23.2 Å². The van der Waals surface area contributed by atoms with E-state index in [1.165, 1.54) is 12.1 Å². The van der Waals surface area contributed by atoms with Crippen LogP contribution in [0.4, 0.5) is 11.5 Å². The lowest BCUT2D eigenvalue weighted by molar-refractivity contribution is -0.384. The van der Waals surface area contributed by atoms with Gasteiger partial charge in [0.1, 0.15) is 5.82 Å². The first-order chi connectivity index (χ1) is 8.42. The van der Waals surface area contributed by atoms with Crippen LogP contribution >= 0.6 is 0 Å². The number of hydrogen-bond donors (Lipinski definition) is 1. The number of nitrogens with zero attached hydrogens (tertiary/aromatic N) is 2. The number of pyridine rings is 1. The van der Waals surface area contributed by atoms with Gasteiger partial charge in [-0.25, -0.2) is 0 Å². The van der Waals surface area contributed by atoms with E-state index < -0.39 is 4.92 Å². The van der Waals surface area contributed by atoms with E-state index in [9.17, 15) is 10.1 Å². The lowest BCUT2D eigenvalue weighted by Crippen LogP contribution is -2.15. The van der Waals surface area contributed by atoms with Gasteiger partial charge in [-0.1, -0.05) is 13.8 Å². The molecule has 0 aliphatic rings. The summed E-state index contributed by atoms with van der Waals surface area (Å²) in [5.74, 6) is 1.21. The molecule has 1 heterocycles. The third kappa shape index (κ3) is 4.20. The molecule has 0 aliphatic carbocycles. The number of anilines is 1. The van der Waals surface area contributed by atoms with E-state index in [2.05, 4.69) is 24.1 Å². The first-order valence-electron chi connectivity index (χ1n) is 5.93. The smallest absolute Gasteiger partial charge is 0.278 e. The minimum absolute atomic E-state index is 0.0239. The summed E-state index contributed by atoms with van der Waals surface area (Å²) in [6, 6.07) is 2.72. The quantitative estimate of drug-likeness (QED) is 0.623. The highest BCUT2D eigenvalue weighted by Gasteiger charge is 2.14. The fourth-order valence-corrected chi connectivity index (χ4v) is 1.70. The molecule has 0 saturated heterocycles. The second-order valence-electron chi connectivity index (χ2n) is 4.61. The van der Waals surface area contributed by atoms with E-state index in [0.717, 1.165) is 6.42 Å². The first kappa shape index (κ1) is 14.2. The highest BCUT2D eigenvalue weighted by Crippen LogP contribution is 2.23. The Labute approximate surface area is 107 Å². The molecule has 1 unspecified atom stereocenters. The molecule has 0 saturated carbocycles. The monoisotopic (exact) mass is 253 g/mol. The molecule has 6 nitrogen and oxygen atoms in total. The van der Waals surface area contributed by atoms with E-state index in [0.29, 0.717) is 11.7 Å². The van der Waals surface area contributed by atoms with Crippen LogP contribution in [0.3, 0.4) is 0 Å². The van der Waals surface area contributed by atoms with Gasteiger partial charge < -0.3 is 10.1 Å². The summed E-state index contributed by atoms with van der Waals surface area (Å²) >= 11 is 0. The van der Waals surface area contributed by atoms with Crippen LogP contribution in [0.15, 0.2) is 12.1 Å². The SMILES string of the molecule is CNc1cc([N+](=O)[O-])cc(OC(C)CC(C)C)n1. The average Bonchev–Trinajstić information content (AvgIpc) is 2.27. The molecule has 0 radical (unpaired) electrons. The molecule has 1 N–H and O–H groups in total. The van der Waals surface area contributed by atoms with Crippen LogP contribution in [-0.2, 0) is 0 Å². The predicted molar refractivity (Wildman–Crippen MR) is 70.0 cm³/mol. The molecule has 0 fully saturated rings. The molecule has 1 rings (SSSR count). The third-order valence-corrected chi connectivity index (χ3v) is 2.38. The van der Waals surface area contributed by atoms with Gasteiger partial charge in [-0.05, 0) is 19.3 Å². The number of nitro groups is 1. The van der Waals surface area contributed by atoms with E-state index in [1.54, 1.807) is 7.05 Å². The van der Waals surface area contributed by atoms with Gasteiger partial charge >= 0.3 is 0 Å². The molecule has 18 heavy (non-hydrogen) atoms. The maximum absolute atomic E-state index is 10.8. The topological polar surface area (TPSA) is 77.3 Å². The molecule has 1 aromatic heterocycles. The lowest BCUT2D eigenvalue weighted by Gasteiger charge is -2.16. The summed E-state index contributed by atoms with van der Waals surface area (Å²) in [6.45, 7) is 6.12. The van der Waals surface area contributed by atoms with Crippen molar-refractivity contribution < 1.29 is 9.66 Å². The fourth-order valence-electron chi connectivity index (χ4n) is 1.70. The van der Waals surface area contributed by atoms with E-state index in [1.807, 2.05) is 6.92 Å². The Morgan fingerprint density at radius 1 is 1.44 bits per heavy atom. The zero-order valence-corrected chi connectivity index (χ0v) is 11.1. The maximum Gasteiger partial charge on any atom is 0.278 e. The van der Waals surface area contributed by atoms with Crippen molar-refractivity contribution in [2.45, 2.75) is 33.3 Å². The van der Waals surface area contributed by atoms with E-state index in [4.69, 9.17) is 4.74 Å². The summed E-state index contributed by atoms with van der Waals surface area (Å²) in [5.41, 5.74) is -0.0268. The Hall–Kier alpha value is -1.85. The molecule has 1 aromatic rings. The Morgan fingerprint density at radius 2 is 2.11 bits per heavy atom. The zero-order chi connectivity index (χ0) is 13.7. The summed E-state index contributed by atoms with van der Waals surface area (Å²) < 4.78 is 5.60. The van der Waals surface area contributed by atoms with Crippen molar-refractivity contribution in [3.05, 3.63) is 22.2 Å². The molecule has 6 heteroatoms. The minimum Gasteiger partial charge on any atom is -0.474 e. The van der Waals surface area contributed by atoms with Crippen molar-refractivity contribution in [1.82, 2.24) is 4.98 Å². The normalized spacial score (nSPS) is 12.3. The van der Waals surface area contributed by atoms with Gasteiger partial charge in [-0.2, -0.15) is 4.98 Å². The summed E-state index contributed by atoms with van der Waals surface area (Å²) in [7, 11) is 1.66. The van der Waals surface area contributed by atoms with Crippen LogP contribution in [0.5, 0.6) is 5.88 Å². The minimum atomic E-state index is -0.456. The van der Waals surface area contributed by atoms with Gasteiger partial charge in [-0.15, -0.1) is 0 Å². The van der Waals surface area contributed by atoms with Crippen LogP contribution in [0.25, 0.3) is 0 Å². The van der Waals surface area contributed by atoms with E-state index >= 15 is 0 Å². The largest absolute Gasteiger partial charge is 0.474 e. The molecule has 0 aromatic carbocycles. The van der Waals surface area contributed by atoms with Gasteiger partial charge in [0.2, 0.25) is 5.88 Å². The lowest BCUT2D eigenvalue weighted by atomic mass is 10.1. The van der Waals surface area contributed by atoms with Crippen molar-refractivity contribution in [1.29, 1.82) is 0 Å². The number of rotatable bonds is 6. The maximum atomic E-state index is 10.8. The average molecular weight is 253 g/mol. The first-order valence-corrected chi connectivity index (χ1v) is 5.93. The number of aromatic nitrogens is 1. The van der Waals surface area contributed by atoms with Gasteiger partial charge in [0.25, 0.3) is 5.69 Å². The predicted octanol–water partition coefficient (Wildman–Crippen LogP) is 2.84. The van der Waals surface area contributed by atoms with Crippen molar-refractivity contribution in [3.63, 3.8) is 0 Å². The standard InChI is InChI=1S/C12H19N3O3/c1-8(2)5-9(3)18-12-7-10(15(16)17)6-11(13-4)14-12/h6-9H,5H2,1-4H3,(H,13,14). The Bertz CT molecular complexity index is 421.